The largest absolute Gasteiger partial charge is 0.384 e. The van der Waals surface area contributed by atoms with Crippen molar-refractivity contribution in [2.24, 2.45) is 0 Å². The van der Waals surface area contributed by atoms with Gasteiger partial charge in [-0.2, -0.15) is 15.4 Å². The summed E-state index contributed by atoms with van der Waals surface area (Å²) >= 11 is 1.54. The van der Waals surface area contributed by atoms with Crippen LogP contribution in [0.15, 0.2) is 47.6 Å². The fourth-order valence-corrected chi connectivity index (χ4v) is 3.47. The summed E-state index contributed by atoms with van der Waals surface area (Å²) in [6.45, 7) is 7.39. The molecule has 0 spiro atoms. The highest BCUT2D eigenvalue weighted by atomic mass is 32.2. The number of nitrogens with zero attached hydrogens (tertiary/aromatic N) is 6. The van der Waals surface area contributed by atoms with Crippen molar-refractivity contribution in [3.8, 4) is 5.69 Å². The summed E-state index contributed by atoms with van der Waals surface area (Å²) in [6, 6.07) is 9.29. The van der Waals surface area contributed by atoms with E-state index in [1.807, 2.05) is 30.5 Å². The molecular formula is C16H12N8S. The molecule has 0 radical (unpaired) electrons. The average molecular weight is 348 g/mol. The molecule has 25 heavy (non-hydrogen) atoms. The van der Waals surface area contributed by atoms with Gasteiger partial charge in [-0.15, -0.1) is 16.9 Å². The van der Waals surface area contributed by atoms with E-state index >= 15 is 0 Å². The number of anilines is 1. The number of thioether (sulfide) groups is 1. The van der Waals surface area contributed by atoms with Crippen LogP contribution in [0.2, 0.25) is 0 Å². The Balaban J connectivity index is 1.67. The van der Waals surface area contributed by atoms with Crippen LogP contribution in [-0.4, -0.2) is 30.2 Å². The molecule has 0 aliphatic carbocycles. The molecule has 0 aliphatic heterocycles. The maximum Gasteiger partial charge on any atom is 0.204 e. The van der Waals surface area contributed by atoms with Gasteiger partial charge in [-0.1, -0.05) is 6.07 Å². The fourth-order valence-electron chi connectivity index (χ4n) is 2.45. The van der Waals surface area contributed by atoms with E-state index in [-0.39, 0.29) is 0 Å². The number of rotatable bonds is 4. The Morgan fingerprint density at radius 1 is 1.28 bits per heavy atom. The maximum atomic E-state index is 7.39. The fraction of sp³-hybridized carbons (Fsp3) is 0.0625. The van der Waals surface area contributed by atoms with Gasteiger partial charge in [0.15, 0.2) is 5.69 Å². The third-order valence-electron chi connectivity index (χ3n) is 3.61. The molecule has 0 atom stereocenters. The molecule has 3 N–H and O–H groups in total. The van der Waals surface area contributed by atoms with Crippen LogP contribution in [0, 0.1) is 6.57 Å². The van der Waals surface area contributed by atoms with Crippen LogP contribution in [0.4, 0.5) is 11.5 Å². The lowest BCUT2D eigenvalue weighted by molar-refractivity contribution is 0.879. The first-order valence-electron chi connectivity index (χ1n) is 7.35. The third-order valence-corrected chi connectivity index (χ3v) is 4.69. The van der Waals surface area contributed by atoms with Gasteiger partial charge in [-0.05, 0) is 29.8 Å². The van der Waals surface area contributed by atoms with Crippen molar-refractivity contribution >= 4 is 34.4 Å². The van der Waals surface area contributed by atoms with Crippen molar-refractivity contribution in [1.82, 2.24) is 30.2 Å². The summed E-state index contributed by atoms with van der Waals surface area (Å²) in [6.07, 6.45) is 3.59. The summed E-state index contributed by atoms with van der Waals surface area (Å²) < 4.78 is 1.77. The first-order chi connectivity index (χ1) is 12.2. The smallest absolute Gasteiger partial charge is 0.204 e. The SMILES string of the molecule is [C-]#[N+]c1ccc(-n2cccn2)cc1CSc1cc(N)nc2n[nH]nc12. The standard InChI is InChI=1S/C16H12N8S/c1-18-12-4-3-11(24-6-2-5-19-24)7-10(12)9-25-13-8-14(17)20-16-15(13)21-23-22-16/h2-8H,9H2,(H3,17,20,21,22,23). The molecule has 3 heterocycles. The number of nitrogen functional groups attached to an aromatic ring is 1. The molecule has 1 aromatic carbocycles. The van der Waals surface area contributed by atoms with Crippen LogP contribution < -0.4 is 5.73 Å². The molecule has 0 saturated carbocycles. The average Bonchev–Trinajstić information content (AvgIpc) is 3.30. The lowest BCUT2D eigenvalue weighted by atomic mass is 10.2. The molecule has 9 heteroatoms. The summed E-state index contributed by atoms with van der Waals surface area (Å²) in [5, 5.41) is 14.9. The Morgan fingerprint density at radius 2 is 2.20 bits per heavy atom. The molecule has 0 saturated heterocycles. The predicted octanol–water partition coefficient (Wildman–Crippen LogP) is 2.96. The molecule has 0 aliphatic rings. The Bertz CT molecular complexity index is 1080. The van der Waals surface area contributed by atoms with Crippen LogP contribution in [0.5, 0.6) is 0 Å². The molecular weight excluding hydrogens is 336 g/mol. The lowest BCUT2D eigenvalue weighted by Gasteiger charge is -2.08. The zero-order valence-electron chi connectivity index (χ0n) is 12.9. The van der Waals surface area contributed by atoms with Gasteiger partial charge in [0.25, 0.3) is 0 Å². The summed E-state index contributed by atoms with van der Waals surface area (Å²) in [4.78, 5) is 8.62. The van der Waals surface area contributed by atoms with E-state index in [2.05, 4.69) is 30.3 Å². The van der Waals surface area contributed by atoms with Gasteiger partial charge >= 0.3 is 0 Å². The van der Waals surface area contributed by atoms with E-state index in [1.54, 1.807) is 28.7 Å². The van der Waals surface area contributed by atoms with Crippen LogP contribution in [0.1, 0.15) is 5.56 Å². The van der Waals surface area contributed by atoms with Gasteiger partial charge in [-0.3, -0.25) is 0 Å². The van der Waals surface area contributed by atoms with E-state index in [9.17, 15) is 0 Å². The summed E-state index contributed by atoms with van der Waals surface area (Å²) in [7, 11) is 0. The number of nitrogens with two attached hydrogens (primary N) is 1. The number of hydrogen-bond donors (Lipinski definition) is 2. The monoisotopic (exact) mass is 348 g/mol. The van der Waals surface area contributed by atoms with E-state index in [0.29, 0.717) is 28.4 Å². The van der Waals surface area contributed by atoms with E-state index in [4.69, 9.17) is 12.3 Å². The topological polar surface area (TPSA) is 103 Å². The number of fused-ring (bicyclic) bond motifs is 1. The van der Waals surface area contributed by atoms with Crippen molar-refractivity contribution < 1.29 is 0 Å². The van der Waals surface area contributed by atoms with Gasteiger partial charge in [0, 0.05) is 23.0 Å². The zero-order valence-corrected chi connectivity index (χ0v) is 13.7. The number of H-pyrrole nitrogens is 1. The first-order valence-corrected chi connectivity index (χ1v) is 8.33. The molecule has 0 amide bonds. The van der Waals surface area contributed by atoms with Crippen molar-refractivity contribution in [2.75, 3.05) is 5.73 Å². The number of benzene rings is 1. The number of aromatic amines is 1. The van der Waals surface area contributed by atoms with Crippen LogP contribution >= 0.6 is 11.8 Å². The van der Waals surface area contributed by atoms with Crippen LogP contribution in [-0.2, 0) is 5.75 Å². The van der Waals surface area contributed by atoms with E-state index < -0.39 is 0 Å². The Hall–Kier alpha value is -3.38. The quantitative estimate of drug-likeness (QED) is 0.434. The van der Waals surface area contributed by atoms with E-state index in [1.165, 1.54) is 0 Å². The molecule has 3 aromatic heterocycles. The molecule has 8 nitrogen and oxygen atoms in total. The second-order valence-corrected chi connectivity index (χ2v) is 6.22. The molecule has 0 fully saturated rings. The molecule has 0 unspecified atom stereocenters. The highest BCUT2D eigenvalue weighted by Gasteiger charge is 2.11. The van der Waals surface area contributed by atoms with Crippen molar-refractivity contribution in [2.45, 2.75) is 10.6 Å². The number of aromatic nitrogens is 6. The summed E-state index contributed by atoms with van der Waals surface area (Å²) in [5.41, 5.74) is 9.43. The second-order valence-electron chi connectivity index (χ2n) is 5.21. The number of hydrogen-bond acceptors (Lipinski definition) is 6. The normalized spacial score (nSPS) is 10.8. The third kappa shape index (κ3) is 2.90. The minimum absolute atomic E-state index is 0.389. The van der Waals surface area contributed by atoms with Gasteiger partial charge in [-0.25, -0.2) is 14.5 Å². The van der Waals surface area contributed by atoms with Crippen molar-refractivity contribution in [3.05, 3.63) is 59.7 Å². The molecule has 0 bridgehead atoms. The second kappa shape index (κ2) is 6.26. The number of pyridine rings is 1. The molecule has 4 rings (SSSR count). The molecule has 122 valence electrons. The van der Waals surface area contributed by atoms with Gasteiger partial charge in [0.1, 0.15) is 11.3 Å². The maximum absolute atomic E-state index is 7.39. The minimum atomic E-state index is 0.389. The Morgan fingerprint density at radius 3 is 3.00 bits per heavy atom. The summed E-state index contributed by atoms with van der Waals surface area (Å²) in [5.74, 6) is 0.984. The van der Waals surface area contributed by atoms with Gasteiger partial charge in [0.2, 0.25) is 5.65 Å². The van der Waals surface area contributed by atoms with Crippen molar-refractivity contribution in [1.29, 1.82) is 0 Å². The molecule has 4 aromatic rings. The van der Waals surface area contributed by atoms with Crippen LogP contribution in [0.25, 0.3) is 21.7 Å². The Kier molecular flexibility index (Phi) is 3.80. The van der Waals surface area contributed by atoms with Gasteiger partial charge in [0.05, 0.1) is 12.3 Å². The lowest BCUT2D eigenvalue weighted by Crippen LogP contribution is -1.96. The van der Waals surface area contributed by atoms with E-state index in [0.717, 1.165) is 16.1 Å². The zero-order chi connectivity index (χ0) is 17.2. The van der Waals surface area contributed by atoms with Crippen molar-refractivity contribution in [3.63, 3.8) is 0 Å². The minimum Gasteiger partial charge on any atom is -0.384 e. The highest BCUT2D eigenvalue weighted by molar-refractivity contribution is 7.98. The Labute approximate surface area is 146 Å². The number of nitrogens with one attached hydrogen (secondary N) is 1. The highest BCUT2D eigenvalue weighted by Crippen LogP contribution is 2.33. The van der Waals surface area contributed by atoms with Gasteiger partial charge < -0.3 is 5.73 Å². The first kappa shape index (κ1) is 15.2. The van der Waals surface area contributed by atoms with Crippen LogP contribution in [0.3, 0.4) is 0 Å². The predicted molar refractivity (Wildman–Crippen MR) is 95.5 cm³/mol.